The fourth-order valence-electron chi connectivity index (χ4n) is 4.77. The zero-order valence-corrected chi connectivity index (χ0v) is 23.3. The zero-order chi connectivity index (χ0) is 28.0. The number of β-amino-alcohol motifs (C(OH)–C–C–N with tert-alkyl or cyclic N) is 1. The number of H-pyrrole nitrogens is 1. The lowest BCUT2D eigenvalue weighted by Gasteiger charge is -2.26. The Hall–Kier alpha value is -3.38. The maximum absolute atomic E-state index is 13.2. The van der Waals surface area contributed by atoms with Gasteiger partial charge >= 0.3 is 0 Å². The number of ether oxygens (including phenoxy) is 2. The van der Waals surface area contributed by atoms with Gasteiger partial charge in [-0.15, -0.1) is 0 Å². The standard InChI is InChI=1S/C28H36N4O6S/c1-20-8-9-24(30-39(35,36)17-11-26(34)31(13-15-37-2)14-16-38-3)28(32-12-10-22(33)19-32)27(20)25-18-21-6-4-5-7-23(21)29-25/h4-9,11,17-18,22,29-30,33H,10,12-16,19H2,1-3H3/b17-11+/t22-/m0/s1. The van der Waals surface area contributed by atoms with Gasteiger partial charge in [0.15, 0.2) is 0 Å². The Kier molecular flexibility index (Phi) is 9.28. The van der Waals surface area contributed by atoms with E-state index in [1.54, 1.807) is 6.07 Å². The molecule has 4 rings (SSSR count). The molecule has 1 amide bonds. The van der Waals surface area contributed by atoms with E-state index in [4.69, 9.17) is 9.47 Å². The number of aliphatic hydroxyl groups is 1. The highest BCUT2D eigenvalue weighted by molar-refractivity contribution is 7.95. The van der Waals surface area contributed by atoms with E-state index in [1.807, 2.05) is 48.2 Å². The summed E-state index contributed by atoms with van der Waals surface area (Å²) in [7, 11) is -0.979. The highest BCUT2D eigenvalue weighted by Gasteiger charge is 2.28. The van der Waals surface area contributed by atoms with Crippen LogP contribution >= 0.6 is 0 Å². The molecule has 1 saturated heterocycles. The van der Waals surface area contributed by atoms with Crippen LogP contribution in [0.25, 0.3) is 22.2 Å². The van der Waals surface area contributed by atoms with E-state index >= 15 is 0 Å². The van der Waals surface area contributed by atoms with Crippen LogP contribution in [0.3, 0.4) is 0 Å². The van der Waals surface area contributed by atoms with Gasteiger partial charge in [0.05, 0.1) is 36.1 Å². The van der Waals surface area contributed by atoms with Crippen molar-refractivity contribution in [3.05, 3.63) is 59.5 Å². The smallest absolute Gasteiger partial charge is 0.255 e. The third-order valence-electron chi connectivity index (χ3n) is 6.75. The van der Waals surface area contributed by atoms with Gasteiger partial charge in [0.1, 0.15) is 0 Å². The number of anilines is 2. The number of amides is 1. The molecule has 1 aliphatic rings. The maximum atomic E-state index is 13.2. The molecule has 0 bridgehead atoms. The number of hydrogen-bond donors (Lipinski definition) is 3. The quantitative estimate of drug-likeness (QED) is 0.293. The highest BCUT2D eigenvalue weighted by atomic mass is 32.2. The number of sulfonamides is 1. The summed E-state index contributed by atoms with van der Waals surface area (Å²) < 4.78 is 39.1. The molecule has 1 aromatic heterocycles. The third kappa shape index (κ3) is 6.99. The van der Waals surface area contributed by atoms with Gasteiger partial charge in [-0.25, -0.2) is 8.42 Å². The van der Waals surface area contributed by atoms with Crippen LogP contribution in [0.1, 0.15) is 12.0 Å². The summed E-state index contributed by atoms with van der Waals surface area (Å²) in [5, 5.41) is 12.2. The van der Waals surface area contributed by atoms with Crippen molar-refractivity contribution in [2.24, 2.45) is 0 Å². The Labute approximate surface area is 229 Å². The molecule has 0 radical (unpaired) electrons. The monoisotopic (exact) mass is 556 g/mol. The van der Waals surface area contributed by atoms with Crippen molar-refractivity contribution in [3.63, 3.8) is 0 Å². The minimum Gasteiger partial charge on any atom is -0.391 e. The topological polar surface area (TPSA) is 124 Å². The zero-order valence-electron chi connectivity index (χ0n) is 22.5. The van der Waals surface area contributed by atoms with Gasteiger partial charge in [-0.2, -0.15) is 0 Å². The van der Waals surface area contributed by atoms with Crippen molar-refractivity contribution in [1.82, 2.24) is 9.88 Å². The van der Waals surface area contributed by atoms with Crippen LogP contribution in [0.2, 0.25) is 0 Å². The van der Waals surface area contributed by atoms with Crippen LogP contribution in [0.4, 0.5) is 11.4 Å². The lowest BCUT2D eigenvalue weighted by Crippen LogP contribution is -2.35. The molecule has 3 aromatic rings. The first kappa shape index (κ1) is 28.6. The fraction of sp³-hybridized carbons (Fsp3) is 0.393. The molecule has 39 heavy (non-hydrogen) atoms. The van der Waals surface area contributed by atoms with Crippen LogP contribution < -0.4 is 9.62 Å². The molecule has 2 aromatic carbocycles. The number of para-hydroxylation sites is 1. The molecule has 1 aliphatic heterocycles. The summed E-state index contributed by atoms with van der Waals surface area (Å²) in [6, 6.07) is 13.6. The first-order valence-corrected chi connectivity index (χ1v) is 14.4. The van der Waals surface area contributed by atoms with Crippen molar-refractivity contribution in [1.29, 1.82) is 0 Å². The van der Waals surface area contributed by atoms with Gasteiger partial charge in [0.2, 0.25) is 5.91 Å². The summed E-state index contributed by atoms with van der Waals surface area (Å²) in [6.45, 7) is 4.19. The molecule has 210 valence electrons. The van der Waals surface area contributed by atoms with E-state index in [2.05, 4.69) is 9.71 Å². The Balaban J connectivity index is 1.68. The second-order valence-electron chi connectivity index (χ2n) is 9.57. The molecular weight excluding hydrogens is 520 g/mol. The molecule has 0 aliphatic carbocycles. The number of fused-ring (bicyclic) bond motifs is 1. The Morgan fingerprint density at radius 1 is 1.18 bits per heavy atom. The fourth-order valence-corrected chi connectivity index (χ4v) is 5.61. The molecular formula is C28H36N4O6S. The number of hydrogen-bond acceptors (Lipinski definition) is 7. The molecule has 1 fully saturated rings. The normalized spacial score (nSPS) is 15.9. The number of aromatic nitrogens is 1. The lowest BCUT2D eigenvalue weighted by atomic mass is 10.0. The highest BCUT2D eigenvalue weighted by Crippen LogP contribution is 2.42. The van der Waals surface area contributed by atoms with Crippen molar-refractivity contribution in [2.75, 3.05) is 63.2 Å². The second kappa shape index (κ2) is 12.6. The third-order valence-corrected chi connectivity index (χ3v) is 7.75. The van der Waals surface area contributed by atoms with Gasteiger partial charge in [-0.3, -0.25) is 9.52 Å². The van der Waals surface area contributed by atoms with Crippen LogP contribution in [0.15, 0.2) is 53.9 Å². The summed E-state index contributed by atoms with van der Waals surface area (Å²) in [5.74, 6) is -0.458. The SMILES string of the molecule is COCCN(CCOC)C(=O)/C=C/S(=O)(=O)Nc1ccc(C)c(-c2cc3ccccc3[nH]2)c1N1CC[C@H](O)C1. The minimum atomic E-state index is -4.05. The van der Waals surface area contributed by atoms with E-state index in [9.17, 15) is 18.3 Å². The number of aliphatic hydroxyl groups excluding tert-OH is 1. The summed E-state index contributed by atoms with van der Waals surface area (Å²) in [6.07, 6.45) is 1.12. The number of nitrogens with one attached hydrogen (secondary N) is 2. The molecule has 0 spiro atoms. The predicted molar refractivity (Wildman–Crippen MR) is 153 cm³/mol. The molecule has 0 unspecified atom stereocenters. The minimum absolute atomic E-state index is 0.309. The van der Waals surface area contributed by atoms with Crippen molar-refractivity contribution in [2.45, 2.75) is 19.4 Å². The molecule has 10 nitrogen and oxygen atoms in total. The average molecular weight is 557 g/mol. The van der Waals surface area contributed by atoms with E-state index in [0.29, 0.717) is 57.2 Å². The van der Waals surface area contributed by atoms with E-state index in [0.717, 1.165) is 39.2 Å². The lowest BCUT2D eigenvalue weighted by molar-refractivity contribution is -0.127. The Morgan fingerprint density at radius 3 is 2.54 bits per heavy atom. The molecule has 0 saturated carbocycles. The van der Waals surface area contributed by atoms with Crippen LogP contribution in [-0.4, -0.2) is 89.0 Å². The van der Waals surface area contributed by atoms with Crippen molar-refractivity contribution < 1.29 is 27.8 Å². The molecule has 11 heteroatoms. The summed E-state index contributed by atoms with van der Waals surface area (Å²) in [4.78, 5) is 19.7. The number of aryl methyl sites for hydroxylation is 1. The first-order valence-electron chi connectivity index (χ1n) is 12.8. The van der Waals surface area contributed by atoms with Crippen LogP contribution in [0, 0.1) is 6.92 Å². The van der Waals surface area contributed by atoms with E-state index in [1.165, 1.54) is 19.1 Å². The van der Waals surface area contributed by atoms with Crippen molar-refractivity contribution >= 4 is 38.2 Å². The molecule has 2 heterocycles. The van der Waals surface area contributed by atoms with Gasteiger partial charge in [0, 0.05) is 68.6 Å². The van der Waals surface area contributed by atoms with E-state index in [-0.39, 0.29) is 0 Å². The maximum Gasteiger partial charge on any atom is 0.255 e. The van der Waals surface area contributed by atoms with Crippen LogP contribution in [-0.2, 0) is 24.3 Å². The summed E-state index contributed by atoms with van der Waals surface area (Å²) >= 11 is 0. The molecule has 3 N–H and O–H groups in total. The first-order chi connectivity index (χ1) is 18.7. The van der Waals surface area contributed by atoms with Gasteiger partial charge in [-0.1, -0.05) is 24.3 Å². The number of rotatable bonds is 12. The number of carbonyl (C=O) groups is 1. The Morgan fingerprint density at radius 2 is 1.90 bits per heavy atom. The number of nitrogens with zero attached hydrogens (tertiary/aromatic N) is 2. The van der Waals surface area contributed by atoms with Gasteiger partial charge < -0.3 is 29.4 Å². The second-order valence-corrected chi connectivity index (χ2v) is 11.1. The van der Waals surface area contributed by atoms with E-state index < -0.39 is 22.0 Å². The van der Waals surface area contributed by atoms with Crippen LogP contribution in [0.5, 0.6) is 0 Å². The largest absolute Gasteiger partial charge is 0.391 e. The predicted octanol–water partition coefficient (Wildman–Crippen LogP) is 3.09. The van der Waals surface area contributed by atoms with Crippen molar-refractivity contribution in [3.8, 4) is 11.3 Å². The van der Waals surface area contributed by atoms with Gasteiger partial charge in [-0.05, 0) is 37.1 Å². The number of carbonyl (C=O) groups excluding carboxylic acids is 1. The summed E-state index contributed by atoms with van der Waals surface area (Å²) in [5.41, 5.74) is 4.69. The molecule has 1 atom stereocenters. The number of aromatic amines is 1. The number of benzene rings is 2. The Bertz CT molecular complexity index is 1390. The van der Waals surface area contributed by atoms with Gasteiger partial charge in [0.25, 0.3) is 10.0 Å². The average Bonchev–Trinajstić information content (AvgIpc) is 3.54. The number of methoxy groups -OCH3 is 2.